The standard InChI is InChI=1S/C26H29ClN2O4/c27-22-14-19(8-7-18(22)9-12-24(30)28-15-25(31)32)21(13-16-3-1-2-4-16)23-11-10-20(17-5-6-17)26(33)29-23/h7-8,10-11,13-14,16-17H,1-6,9,12,15H2,(H,28,30)(H,29,33)(H,31,32)/b21-13+. The number of carbonyl (C=O) groups excluding carboxylic acids is 1. The van der Waals surface area contributed by atoms with Gasteiger partial charge in [-0.3, -0.25) is 14.4 Å². The molecule has 2 aliphatic rings. The summed E-state index contributed by atoms with van der Waals surface area (Å²) < 4.78 is 0. The van der Waals surface area contributed by atoms with E-state index >= 15 is 0 Å². The Morgan fingerprint density at radius 2 is 1.88 bits per heavy atom. The molecule has 0 bridgehead atoms. The van der Waals surface area contributed by atoms with Gasteiger partial charge < -0.3 is 15.4 Å². The van der Waals surface area contributed by atoms with E-state index in [-0.39, 0.29) is 17.9 Å². The van der Waals surface area contributed by atoms with Crippen molar-refractivity contribution >= 4 is 29.1 Å². The molecule has 174 valence electrons. The highest BCUT2D eigenvalue weighted by Gasteiger charge is 2.26. The summed E-state index contributed by atoms with van der Waals surface area (Å²) in [5.74, 6) is -0.530. The Morgan fingerprint density at radius 1 is 1.12 bits per heavy atom. The fraction of sp³-hybridized carbons (Fsp3) is 0.423. The Labute approximate surface area is 198 Å². The number of carbonyl (C=O) groups is 2. The van der Waals surface area contributed by atoms with Gasteiger partial charge in [0.2, 0.25) is 5.91 Å². The van der Waals surface area contributed by atoms with Gasteiger partial charge in [-0.1, -0.05) is 48.7 Å². The number of rotatable bonds is 9. The van der Waals surface area contributed by atoms with Crippen LogP contribution in [0.4, 0.5) is 0 Å². The van der Waals surface area contributed by atoms with E-state index in [1.165, 1.54) is 12.8 Å². The number of hydrogen-bond donors (Lipinski definition) is 3. The molecule has 2 saturated carbocycles. The second kappa shape index (κ2) is 10.4. The van der Waals surface area contributed by atoms with Crippen LogP contribution in [0.25, 0.3) is 5.57 Å². The summed E-state index contributed by atoms with van der Waals surface area (Å²) in [5, 5.41) is 11.6. The molecule has 4 rings (SSSR count). The molecule has 33 heavy (non-hydrogen) atoms. The number of halogens is 1. The second-order valence-electron chi connectivity index (χ2n) is 9.03. The number of H-pyrrole nitrogens is 1. The Balaban J connectivity index is 1.56. The molecule has 1 amide bonds. The zero-order valence-electron chi connectivity index (χ0n) is 18.5. The first-order chi connectivity index (χ1) is 15.9. The van der Waals surface area contributed by atoms with Gasteiger partial charge in [0.25, 0.3) is 5.56 Å². The lowest BCUT2D eigenvalue weighted by Gasteiger charge is -2.14. The normalized spacial score (nSPS) is 16.7. The van der Waals surface area contributed by atoms with Crippen molar-refractivity contribution in [1.82, 2.24) is 10.3 Å². The largest absolute Gasteiger partial charge is 0.480 e. The van der Waals surface area contributed by atoms with Crippen LogP contribution in [0.1, 0.15) is 73.2 Å². The van der Waals surface area contributed by atoms with Crippen LogP contribution in [0, 0.1) is 5.92 Å². The number of aromatic amines is 1. The molecular weight excluding hydrogens is 440 g/mol. The molecule has 1 aromatic carbocycles. The van der Waals surface area contributed by atoms with Gasteiger partial charge in [0.1, 0.15) is 6.54 Å². The average molecular weight is 469 g/mol. The van der Waals surface area contributed by atoms with Gasteiger partial charge in [-0.25, -0.2) is 0 Å². The first kappa shape index (κ1) is 23.3. The van der Waals surface area contributed by atoms with Crippen LogP contribution in [0.15, 0.2) is 41.2 Å². The minimum Gasteiger partial charge on any atom is -0.480 e. The van der Waals surface area contributed by atoms with Gasteiger partial charge in [0, 0.05) is 28.3 Å². The van der Waals surface area contributed by atoms with E-state index in [2.05, 4.69) is 16.4 Å². The highest BCUT2D eigenvalue weighted by molar-refractivity contribution is 6.31. The maximum atomic E-state index is 12.7. The number of amides is 1. The van der Waals surface area contributed by atoms with E-state index < -0.39 is 12.5 Å². The highest BCUT2D eigenvalue weighted by Crippen LogP contribution is 2.39. The summed E-state index contributed by atoms with van der Waals surface area (Å²) >= 11 is 6.57. The van der Waals surface area contributed by atoms with Crippen molar-refractivity contribution in [3.8, 4) is 0 Å². The van der Waals surface area contributed by atoms with E-state index in [4.69, 9.17) is 16.7 Å². The Bertz CT molecular complexity index is 1130. The third kappa shape index (κ3) is 6.14. The SMILES string of the molecule is O=C(O)CNC(=O)CCc1ccc(/C(=C\C2CCCC2)c2ccc(C3CC3)c(=O)[nH]2)cc1Cl. The second-order valence-corrected chi connectivity index (χ2v) is 9.44. The monoisotopic (exact) mass is 468 g/mol. The predicted octanol–water partition coefficient (Wildman–Crippen LogP) is 4.66. The molecule has 0 atom stereocenters. The number of carboxylic acids is 1. The Kier molecular flexibility index (Phi) is 7.33. The van der Waals surface area contributed by atoms with Gasteiger partial charge in [0.05, 0.1) is 0 Å². The quantitative estimate of drug-likeness (QED) is 0.498. The lowest BCUT2D eigenvalue weighted by Crippen LogP contribution is -2.29. The molecule has 2 fully saturated rings. The number of aliphatic carboxylic acids is 1. The van der Waals surface area contributed by atoms with Crippen LogP contribution in [0.5, 0.6) is 0 Å². The predicted molar refractivity (Wildman–Crippen MR) is 128 cm³/mol. The molecule has 0 unspecified atom stereocenters. The van der Waals surface area contributed by atoms with Crippen LogP contribution in [-0.2, 0) is 16.0 Å². The molecule has 1 aromatic heterocycles. The molecule has 0 aliphatic heterocycles. The lowest BCUT2D eigenvalue weighted by atomic mass is 9.94. The molecule has 7 heteroatoms. The molecule has 3 N–H and O–H groups in total. The first-order valence-electron chi connectivity index (χ1n) is 11.6. The fourth-order valence-corrected chi connectivity index (χ4v) is 4.76. The summed E-state index contributed by atoms with van der Waals surface area (Å²) in [4.78, 5) is 38.2. The average Bonchev–Trinajstić information content (AvgIpc) is 3.50. The van der Waals surface area contributed by atoms with Crippen molar-refractivity contribution in [2.45, 2.75) is 57.3 Å². The fourth-order valence-electron chi connectivity index (χ4n) is 4.49. The van der Waals surface area contributed by atoms with Crippen LogP contribution in [0.3, 0.4) is 0 Å². The van der Waals surface area contributed by atoms with Crippen LogP contribution in [0.2, 0.25) is 5.02 Å². The molecule has 1 heterocycles. The Hall–Kier alpha value is -2.86. The molecular formula is C26H29ClN2O4. The number of carboxylic acid groups (broad SMARTS) is 1. The molecule has 2 aliphatic carbocycles. The highest BCUT2D eigenvalue weighted by atomic mass is 35.5. The van der Waals surface area contributed by atoms with E-state index in [9.17, 15) is 14.4 Å². The van der Waals surface area contributed by atoms with Crippen LogP contribution in [-0.4, -0.2) is 28.5 Å². The van der Waals surface area contributed by atoms with Crippen molar-refractivity contribution in [3.05, 3.63) is 74.2 Å². The van der Waals surface area contributed by atoms with Gasteiger partial charge in [-0.15, -0.1) is 0 Å². The van der Waals surface area contributed by atoms with Crippen molar-refractivity contribution in [2.75, 3.05) is 6.54 Å². The third-order valence-electron chi connectivity index (χ3n) is 6.47. The molecule has 6 nitrogen and oxygen atoms in total. The van der Waals surface area contributed by atoms with Crippen molar-refractivity contribution in [2.24, 2.45) is 5.92 Å². The molecule has 0 radical (unpaired) electrons. The van der Waals surface area contributed by atoms with Crippen LogP contribution >= 0.6 is 11.6 Å². The minimum absolute atomic E-state index is 0.0117. The van der Waals surface area contributed by atoms with Crippen molar-refractivity contribution in [1.29, 1.82) is 0 Å². The summed E-state index contributed by atoms with van der Waals surface area (Å²) in [6.45, 7) is -0.390. The molecule has 2 aromatic rings. The minimum atomic E-state index is -1.07. The van der Waals surface area contributed by atoms with Gasteiger partial charge >= 0.3 is 5.97 Å². The van der Waals surface area contributed by atoms with Crippen LogP contribution < -0.4 is 10.9 Å². The van der Waals surface area contributed by atoms with E-state index in [1.54, 1.807) is 0 Å². The topological polar surface area (TPSA) is 99.3 Å². The number of hydrogen-bond acceptors (Lipinski definition) is 3. The van der Waals surface area contributed by atoms with E-state index in [0.717, 1.165) is 53.6 Å². The number of allylic oxidation sites excluding steroid dienone is 1. The molecule has 0 spiro atoms. The van der Waals surface area contributed by atoms with E-state index in [1.807, 2.05) is 30.3 Å². The summed E-state index contributed by atoms with van der Waals surface area (Å²) in [5.41, 5.74) is 4.39. The Morgan fingerprint density at radius 3 is 2.52 bits per heavy atom. The number of aryl methyl sites for hydroxylation is 1. The molecule has 0 saturated heterocycles. The third-order valence-corrected chi connectivity index (χ3v) is 6.82. The lowest BCUT2D eigenvalue weighted by molar-refractivity contribution is -0.137. The number of benzene rings is 1. The zero-order chi connectivity index (χ0) is 23.4. The van der Waals surface area contributed by atoms with Gasteiger partial charge in [-0.05, 0) is 67.2 Å². The first-order valence-corrected chi connectivity index (χ1v) is 12.0. The maximum Gasteiger partial charge on any atom is 0.322 e. The number of aromatic nitrogens is 1. The van der Waals surface area contributed by atoms with Gasteiger partial charge in [0.15, 0.2) is 0 Å². The van der Waals surface area contributed by atoms with Gasteiger partial charge in [-0.2, -0.15) is 0 Å². The van der Waals surface area contributed by atoms with Crippen molar-refractivity contribution in [3.63, 3.8) is 0 Å². The number of nitrogens with one attached hydrogen (secondary N) is 2. The van der Waals surface area contributed by atoms with E-state index in [0.29, 0.717) is 23.3 Å². The summed E-state index contributed by atoms with van der Waals surface area (Å²) in [7, 11) is 0. The maximum absolute atomic E-state index is 12.7. The number of pyridine rings is 1. The summed E-state index contributed by atoms with van der Waals surface area (Å²) in [6, 6.07) is 9.73. The summed E-state index contributed by atoms with van der Waals surface area (Å²) in [6.07, 6.45) is 9.73. The van der Waals surface area contributed by atoms with Crippen molar-refractivity contribution < 1.29 is 14.7 Å². The zero-order valence-corrected chi connectivity index (χ0v) is 19.3. The smallest absolute Gasteiger partial charge is 0.322 e.